The number of aryl methyl sites for hydroxylation is 2. The van der Waals surface area contributed by atoms with E-state index in [0.717, 1.165) is 15.2 Å². The van der Waals surface area contributed by atoms with Crippen LogP contribution in [0.1, 0.15) is 25.0 Å². The van der Waals surface area contributed by atoms with Crippen LogP contribution in [0.15, 0.2) is 22.5 Å². The van der Waals surface area contributed by atoms with E-state index < -0.39 is 0 Å². The molecule has 1 aromatic heterocycles. The predicted octanol–water partition coefficient (Wildman–Crippen LogP) is 3.63. The number of thioether (sulfide) groups is 1. The van der Waals surface area contributed by atoms with Crippen molar-refractivity contribution in [1.82, 2.24) is 15.1 Å². The van der Waals surface area contributed by atoms with E-state index in [1.54, 1.807) is 0 Å². The molecule has 2 atom stereocenters. The first-order valence-corrected chi connectivity index (χ1v) is 10.4. The number of hydrogen-bond acceptors (Lipinski definition) is 7. The molecule has 0 saturated carbocycles. The number of benzene rings is 1. The van der Waals surface area contributed by atoms with Crippen LogP contribution in [0.3, 0.4) is 0 Å². The zero-order valence-electron chi connectivity index (χ0n) is 15.5. The van der Waals surface area contributed by atoms with E-state index in [4.69, 9.17) is 4.74 Å². The lowest BCUT2D eigenvalue weighted by atomic mass is 10.1. The molecule has 3 rings (SSSR count). The van der Waals surface area contributed by atoms with Gasteiger partial charge >= 0.3 is 0 Å². The van der Waals surface area contributed by atoms with Crippen molar-refractivity contribution in [3.63, 3.8) is 0 Å². The van der Waals surface area contributed by atoms with Crippen LogP contribution in [0.25, 0.3) is 0 Å². The van der Waals surface area contributed by atoms with Crippen LogP contribution in [0.4, 0.5) is 10.8 Å². The Hall–Kier alpha value is -1.64. The molecular weight excluding hydrogens is 368 g/mol. The van der Waals surface area contributed by atoms with Crippen molar-refractivity contribution >= 4 is 39.8 Å². The normalized spacial score (nSPS) is 20.2. The van der Waals surface area contributed by atoms with Crippen LogP contribution in [0.2, 0.25) is 0 Å². The Morgan fingerprint density at radius 2 is 2.04 bits per heavy atom. The van der Waals surface area contributed by atoms with Gasteiger partial charge in [0, 0.05) is 18.8 Å². The summed E-state index contributed by atoms with van der Waals surface area (Å²) in [6.45, 7) is 9.44. The summed E-state index contributed by atoms with van der Waals surface area (Å²) >= 11 is 2.90. The van der Waals surface area contributed by atoms with Crippen molar-refractivity contribution < 1.29 is 9.53 Å². The summed E-state index contributed by atoms with van der Waals surface area (Å²) in [5.41, 5.74) is 3.42. The first-order valence-electron chi connectivity index (χ1n) is 8.64. The molecule has 26 heavy (non-hydrogen) atoms. The Morgan fingerprint density at radius 3 is 2.73 bits per heavy atom. The molecule has 2 aromatic rings. The number of rotatable bonds is 5. The van der Waals surface area contributed by atoms with Crippen LogP contribution < -0.4 is 5.32 Å². The Kier molecular flexibility index (Phi) is 6.16. The minimum atomic E-state index is 0.0859. The van der Waals surface area contributed by atoms with E-state index in [0.29, 0.717) is 18.8 Å². The molecule has 8 heteroatoms. The number of ether oxygens (including phenoxy) is 1. The molecule has 1 N–H and O–H groups in total. The maximum atomic E-state index is 12.4. The smallest absolute Gasteiger partial charge is 0.233 e. The van der Waals surface area contributed by atoms with Crippen molar-refractivity contribution in [2.75, 3.05) is 24.2 Å². The Bertz CT molecular complexity index is 770. The second kappa shape index (κ2) is 8.37. The first-order chi connectivity index (χ1) is 12.4. The molecule has 0 radical (unpaired) electrons. The van der Waals surface area contributed by atoms with Crippen LogP contribution in [0, 0.1) is 13.8 Å². The molecule has 1 fully saturated rings. The van der Waals surface area contributed by atoms with Crippen molar-refractivity contribution in [3.8, 4) is 0 Å². The predicted molar refractivity (Wildman–Crippen MR) is 106 cm³/mol. The molecular formula is C18H24N4O2S2. The summed E-state index contributed by atoms with van der Waals surface area (Å²) in [4.78, 5) is 14.3. The van der Waals surface area contributed by atoms with Gasteiger partial charge in [-0.3, -0.25) is 4.79 Å². The fourth-order valence-electron chi connectivity index (χ4n) is 2.98. The molecule has 0 bridgehead atoms. The molecule has 1 amide bonds. The van der Waals surface area contributed by atoms with Gasteiger partial charge in [-0.2, -0.15) is 0 Å². The van der Waals surface area contributed by atoms with Gasteiger partial charge in [0.1, 0.15) is 0 Å². The molecule has 1 saturated heterocycles. The zero-order chi connectivity index (χ0) is 18.7. The number of hydrogen-bond donors (Lipinski definition) is 1. The Morgan fingerprint density at radius 1 is 1.31 bits per heavy atom. The van der Waals surface area contributed by atoms with Gasteiger partial charge in [-0.15, -0.1) is 10.2 Å². The van der Waals surface area contributed by atoms with E-state index in [1.165, 1.54) is 34.2 Å². The lowest BCUT2D eigenvalue weighted by Crippen LogP contribution is -2.48. The van der Waals surface area contributed by atoms with E-state index in [9.17, 15) is 4.79 Å². The number of carbonyl (C=O) groups excluding carboxylic acids is 1. The number of aromatic nitrogens is 2. The number of morpholine rings is 1. The zero-order valence-corrected chi connectivity index (χ0v) is 17.1. The molecule has 2 heterocycles. The second-order valence-corrected chi connectivity index (χ2v) is 8.86. The lowest BCUT2D eigenvalue weighted by molar-refractivity contribution is -0.140. The van der Waals surface area contributed by atoms with Crippen molar-refractivity contribution in [2.45, 2.75) is 44.2 Å². The minimum Gasteiger partial charge on any atom is -0.372 e. The number of anilines is 2. The third-order valence-corrected chi connectivity index (χ3v) is 6.08. The highest BCUT2D eigenvalue weighted by atomic mass is 32.2. The Labute approximate surface area is 162 Å². The van der Waals surface area contributed by atoms with E-state index in [2.05, 4.69) is 41.5 Å². The average Bonchev–Trinajstić information content (AvgIpc) is 3.02. The third kappa shape index (κ3) is 4.96. The fourth-order valence-corrected chi connectivity index (χ4v) is 4.65. The quantitative estimate of drug-likeness (QED) is 0.784. The van der Waals surface area contributed by atoms with Gasteiger partial charge in [-0.25, -0.2) is 0 Å². The first kappa shape index (κ1) is 19.1. The summed E-state index contributed by atoms with van der Waals surface area (Å²) in [6, 6.07) is 6.24. The number of nitrogens with one attached hydrogen (secondary N) is 1. The van der Waals surface area contributed by atoms with E-state index in [1.807, 2.05) is 24.8 Å². The van der Waals surface area contributed by atoms with Gasteiger partial charge < -0.3 is 15.0 Å². The molecule has 1 aliphatic heterocycles. The van der Waals surface area contributed by atoms with E-state index in [-0.39, 0.29) is 18.1 Å². The summed E-state index contributed by atoms with van der Waals surface area (Å²) in [7, 11) is 0. The Balaban J connectivity index is 1.54. The molecule has 140 valence electrons. The molecule has 0 spiro atoms. The molecule has 6 nitrogen and oxygen atoms in total. The van der Waals surface area contributed by atoms with Crippen LogP contribution in [-0.4, -0.2) is 52.1 Å². The maximum absolute atomic E-state index is 12.4. The van der Waals surface area contributed by atoms with Crippen LogP contribution in [0.5, 0.6) is 0 Å². The van der Waals surface area contributed by atoms with E-state index >= 15 is 0 Å². The fraction of sp³-hybridized carbons (Fsp3) is 0.500. The molecule has 1 aromatic carbocycles. The lowest BCUT2D eigenvalue weighted by Gasteiger charge is -2.35. The highest BCUT2D eigenvalue weighted by molar-refractivity contribution is 8.01. The van der Waals surface area contributed by atoms with Crippen molar-refractivity contribution in [3.05, 3.63) is 29.3 Å². The van der Waals surface area contributed by atoms with Crippen LogP contribution >= 0.6 is 23.1 Å². The number of nitrogens with zero attached hydrogens (tertiary/aromatic N) is 3. The van der Waals surface area contributed by atoms with Gasteiger partial charge in [0.25, 0.3) is 0 Å². The summed E-state index contributed by atoms with van der Waals surface area (Å²) < 4.78 is 6.47. The maximum Gasteiger partial charge on any atom is 0.233 e. The van der Waals surface area contributed by atoms with Gasteiger partial charge in [0.2, 0.25) is 11.0 Å². The average molecular weight is 393 g/mol. The summed E-state index contributed by atoms with van der Waals surface area (Å²) in [5, 5.41) is 12.4. The molecule has 0 unspecified atom stereocenters. The van der Waals surface area contributed by atoms with Crippen molar-refractivity contribution in [1.29, 1.82) is 0 Å². The highest BCUT2D eigenvalue weighted by Crippen LogP contribution is 2.29. The van der Waals surface area contributed by atoms with Gasteiger partial charge in [0.05, 0.1) is 18.0 Å². The minimum absolute atomic E-state index is 0.0859. The number of amides is 1. The third-order valence-electron chi connectivity index (χ3n) is 4.12. The summed E-state index contributed by atoms with van der Waals surface area (Å²) in [6.07, 6.45) is 0.172. The molecule has 1 aliphatic rings. The van der Waals surface area contributed by atoms with Crippen LogP contribution in [-0.2, 0) is 9.53 Å². The standard InChI is InChI=1S/C18H24N4O2S2/c1-11-5-6-15(12(2)7-11)19-17-20-21-18(26-17)25-10-16(23)22-8-13(3)24-14(4)9-22/h5-7,13-14H,8-10H2,1-4H3,(H,19,20)/t13-,14-/m0/s1. The van der Waals surface area contributed by atoms with Gasteiger partial charge in [0.15, 0.2) is 4.34 Å². The number of carbonyl (C=O) groups is 1. The molecule has 0 aliphatic carbocycles. The highest BCUT2D eigenvalue weighted by Gasteiger charge is 2.25. The monoisotopic (exact) mass is 392 g/mol. The van der Waals surface area contributed by atoms with Gasteiger partial charge in [-0.1, -0.05) is 40.8 Å². The van der Waals surface area contributed by atoms with Crippen molar-refractivity contribution in [2.24, 2.45) is 0 Å². The second-order valence-electron chi connectivity index (χ2n) is 6.66. The topological polar surface area (TPSA) is 67.4 Å². The van der Waals surface area contributed by atoms with Gasteiger partial charge in [-0.05, 0) is 39.3 Å². The summed E-state index contributed by atoms with van der Waals surface area (Å²) in [5.74, 6) is 0.494. The SMILES string of the molecule is Cc1ccc(Nc2nnc(SCC(=O)N3C[C@H](C)O[C@@H](C)C3)s2)c(C)c1. The largest absolute Gasteiger partial charge is 0.372 e.